The van der Waals surface area contributed by atoms with Crippen molar-refractivity contribution in [1.29, 1.82) is 0 Å². The SMILES string of the molecule is CCc1ccsc1C(=O)Cc1ccc(OC)cc1. The average Bonchev–Trinajstić information content (AvgIpc) is 2.88. The van der Waals surface area contributed by atoms with E-state index in [9.17, 15) is 4.79 Å². The van der Waals surface area contributed by atoms with E-state index in [1.165, 1.54) is 11.3 Å². The number of hydrogen-bond donors (Lipinski definition) is 0. The molecule has 2 rings (SSSR count). The molecule has 0 saturated heterocycles. The normalized spacial score (nSPS) is 10.3. The van der Waals surface area contributed by atoms with Gasteiger partial charge in [0.1, 0.15) is 5.75 Å². The molecule has 2 nitrogen and oxygen atoms in total. The molecule has 0 fully saturated rings. The maximum Gasteiger partial charge on any atom is 0.177 e. The van der Waals surface area contributed by atoms with Gasteiger partial charge in [-0.25, -0.2) is 0 Å². The highest BCUT2D eigenvalue weighted by Crippen LogP contribution is 2.20. The molecular formula is C15H16O2S. The van der Waals surface area contributed by atoms with Crippen molar-refractivity contribution >= 4 is 17.1 Å². The van der Waals surface area contributed by atoms with Crippen molar-refractivity contribution in [1.82, 2.24) is 0 Å². The van der Waals surface area contributed by atoms with E-state index in [1.807, 2.05) is 35.7 Å². The average molecular weight is 260 g/mol. The monoisotopic (exact) mass is 260 g/mol. The summed E-state index contributed by atoms with van der Waals surface area (Å²) in [6, 6.07) is 9.69. The summed E-state index contributed by atoms with van der Waals surface area (Å²) in [4.78, 5) is 13.1. The van der Waals surface area contributed by atoms with Crippen LogP contribution in [0.4, 0.5) is 0 Å². The molecule has 94 valence electrons. The van der Waals surface area contributed by atoms with Crippen LogP contribution in [-0.4, -0.2) is 12.9 Å². The van der Waals surface area contributed by atoms with E-state index in [-0.39, 0.29) is 5.78 Å². The van der Waals surface area contributed by atoms with Gasteiger partial charge in [-0.15, -0.1) is 11.3 Å². The summed E-state index contributed by atoms with van der Waals surface area (Å²) in [6.45, 7) is 2.08. The van der Waals surface area contributed by atoms with Crippen molar-refractivity contribution in [3.05, 3.63) is 51.7 Å². The fourth-order valence-electron chi connectivity index (χ4n) is 1.87. The Morgan fingerprint density at radius 3 is 2.56 bits per heavy atom. The summed E-state index contributed by atoms with van der Waals surface area (Å²) in [5, 5.41) is 1.99. The third kappa shape index (κ3) is 2.79. The van der Waals surface area contributed by atoms with Gasteiger partial charge < -0.3 is 4.74 Å². The number of ether oxygens (including phenoxy) is 1. The van der Waals surface area contributed by atoms with E-state index in [4.69, 9.17) is 4.74 Å². The minimum Gasteiger partial charge on any atom is -0.497 e. The van der Waals surface area contributed by atoms with Gasteiger partial charge in [-0.2, -0.15) is 0 Å². The topological polar surface area (TPSA) is 26.3 Å². The molecule has 18 heavy (non-hydrogen) atoms. The first-order chi connectivity index (χ1) is 8.74. The van der Waals surface area contributed by atoms with Gasteiger partial charge in [0.15, 0.2) is 5.78 Å². The van der Waals surface area contributed by atoms with Crippen LogP contribution in [-0.2, 0) is 12.8 Å². The first-order valence-electron chi connectivity index (χ1n) is 5.97. The van der Waals surface area contributed by atoms with Crippen molar-refractivity contribution in [2.45, 2.75) is 19.8 Å². The van der Waals surface area contributed by atoms with Gasteiger partial charge in [-0.3, -0.25) is 4.79 Å². The zero-order chi connectivity index (χ0) is 13.0. The number of hydrogen-bond acceptors (Lipinski definition) is 3. The number of rotatable bonds is 5. The minimum absolute atomic E-state index is 0.201. The summed E-state index contributed by atoms with van der Waals surface area (Å²) < 4.78 is 5.10. The molecule has 0 unspecified atom stereocenters. The molecule has 0 aliphatic rings. The second-order valence-electron chi connectivity index (χ2n) is 4.08. The minimum atomic E-state index is 0.201. The van der Waals surface area contributed by atoms with Crippen LogP contribution in [0, 0.1) is 0 Å². The molecule has 0 amide bonds. The van der Waals surface area contributed by atoms with Gasteiger partial charge in [0.05, 0.1) is 12.0 Å². The molecule has 0 atom stereocenters. The Balaban J connectivity index is 2.11. The zero-order valence-electron chi connectivity index (χ0n) is 10.6. The van der Waals surface area contributed by atoms with E-state index in [2.05, 4.69) is 6.92 Å². The van der Waals surface area contributed by atoms with Gasteiger partial charge in [-0.1, -0.05) is 19.1 Å². The lowest BCUT2D eigenvalue weighted by Gasteiger charge is -2.03. The van der Waals surface area contributed by atoms with Crippen LogP contribution in [0.15, 0.2) is 35.7 Å². The molecule has 1 aromatic heterocycles. The Kier molecular flexibility index (Phi) is 4.15. The molecule has 0 radical (unpaired) electrons. The summed E-state index contributed by atoms with van der Waals surface area (Å²) in [5.41, 5.74) is 2.18. The van der Waals surface area contributed by atoms with E-state index in [1.54, 1.807) is 7.11 Å². The molecule has 2 aromatic rings. The fraction of sp³-hybridized carbons (Fsp3) is 0.267. The molecule has 1 heterocycles. The number of aryl methyl sites for hydroxylation is 1. The number of Topliss-reactive ketones (excluding diaryl/α,β-unsaturated/α-hetero) is 1. The smallest absolute Gasteiger partial charge is 0.177 e. The maximum absolute atomic E-state index is 12.2. The molecule has 0 aliphatic carbocycles. The summed E-state index contributed by atoms with van der Waals surface area (Å²) >= 11 is 1.53. The molecule has 0 aliphatic heterocycles. The van der Waals surface area contributed by atoms with Gasteiger partial charge in [0, 0.05) is 6.42 Å². The Morgan fingerprint density at radius 1 is 1.22 bits per heavy atom. The number of ketones is 1. The second-order valence-corrected chi connectivity index (χ2v) is 4.99. The van der Waals surface area contributed by atoms with Gasteiger partial charge in [0.2, 0.25) is 0 Å². The number of carbonyl (C=O) groups is 1. The van der Waals surface area contributed by atoms with Crippen LogP contribution in [0.2, 0.25) is 0 Å². The van der Waals surface area contributed by atoms with Crippen LogP contribution in [0.5, 0.6) is 5.75 Å². The highest BCUT2D eigenvalue weighted by atomic mass is 32.1. The maximum atomic E-state index is 12.2. The van der Waals surface area contributed by atoms with E-state index < -0.39 is 0 Å². The van der Waals surface area contributed by atoms with Crippen molar-refractivity contribution in [2.24, 2.45) is 0 Å². The van der Waals surface area contributed by atoms with Crippen LogP contribution in [0.25, 0.3) is 0 Å². The Morgan fingerprint density at radius 2 is 1.94 bits per heavy atom. The number of methoxy groups -OCH3 is 1. The molecule has 1 aromatic carbocycles. The van der Waals surface area contributed by atoms with E-state index >= 15 is 0 Å². The lowest BCUT2D eigenvalue weighted by atomic mass is 10.1. The first-order valence-corrected chi connectivity index (χ1v) is 6.85. The first kappa shape index (κ1) is 12.8. The highest BCUT2D eigenvalue weighted by Gasteiger charge is 2.12. The largest absolute Gasteiger partial charge is 0.497 e. The molecular weight excluding hydrogens is 244 g/mol. The van der Waals surface area contributed by atoms with Gasteiger partial charge in [-0.05, 0) is 41.1 Å². The lowest BCUT2D eigenvalue weighted by molar-refractivity contribution is 0.0996. The standard InChI is InChI=1S/C15H16O2S/c1-3-12-8-9-18-15(12)14(16)10-11-4-6-13(17-2)7-5-11/h4-9H,3,10H2,1-2H3. The molecule has 0 spiro atoms. The summed E-state index contributed by atoms with van der Waals surface area (Å²) in [5.74, 6) is 1.02. The Hall–Kier alpha value is -1.61. The highest BCUT2D eigenvalue weighted by molar-refractivity contribution is 7.12. The van der Waals surface area contributed by atoms with Crippen molar-refractivity contribution < 1.29 is 9.53 Å². The number of carbonyl (C=O) groups excluding carboxylic acids is 1. The molecule has 0 bridgehead atoms. The van der Waals surface area contributed by atoms with E-state index in [0.717, 1.165) is 28.2 Å². The Labute approximate surface area is 111 Å². The van der Waals surface area contributed by atoms with Crippen LogP contribution in [0.3, 0.4) is 0 Å². The molecule has 0 N–H and O–H groups in total. The second kappa shape index (κ2) is 5.83. The third-order valence-electron chi connectivity index (χ3n) is 2.90. The Bertz CT molecular complexity index is 526. The lowest BCUT2D eigenvalue weighted by Crippen LogP contribution is -2.03. The number of benzene rings is 1. The van der Waals surface area contributed by atoms with Crippen molar-refractivity contribution in [3.8, 4) is 5.75 Å². The quantitative estimate of drug-likeness (QED) is 0.765. The van der Waals surface area contributed by atoms with Gasteiger partial charge in [0.25, 0.3) is 0 Å². The predicted octanol–water partition coefficient (Wildman–Crippen LogP) is 3.74. The van der Waals surface area contributed by atoms with Gasteiger partial charge >= 0.3 is 0 Å². The fourth-order valence-corrected chi connectivity index (χ4v) is 2.80. The summed E-state index contributed by atoms with van der Waals surface area (Å²) in [7, 11) is 1.64. The molecule has 3 heteroatoms. The van der Waals surface area contributed by atoms with Crippen LogP contribution < -0.4 is 4.74 Å². The van der Waals surface area contributed by atoms with Crippen LogP contribution >= 0.6 is 11.3 Å². The molecule has 0 saturated carbocycles. The van der Waals surface area contributed by atoms with E-state index in [0.29, 0.717) is 6.42 Å². The third-order valence-corrected chi connectivity index (χ3v) is 3.90. The number of thiophene rings is 1. The zero-order valence-corrected chi connectivity index (χ0v) is 11.4. The van der Waals surface area contributed by atoms with Crippen LogP contribution in [0.1, 0.15) is 27.7 Å². The summed E-state index contributed by atoms with van der Waals surface area (Å²) in [6.07, 6.45) is 1.37. The van der Waals surface area contributed by atoms with Crippen molar-refractivity contribution in [3.63, 3.8) is 0 Å². The predicted molar refractivity (Wildman–Crippen MR) is 74.7 cm³/mol. The van der Waals surface area contributed by atoms with Crippen molar-refractivity contribution in [2.75, 3.05) is 7.11 Å².